The summed E-state index contributed by atoms with van der Waals surface area (Å²) >= 11 is 0. The van der Waals surface area contributed by atoms with Crippen molar-refractivity contribution < 1.29 is 14.9 Å². The molecule has 0 saturated carbocycles. The molecule has 1 aliphatic rings. The maximum Gasteiger partial charge on any atom is 0.143 e. The number of rotatable bonds is 0. The lowest BCUT2D eigenvalue weighted by atomic mass is 10.1. The fraction of sp³-hybridized carbons (Fsp3) is 1.00. The minimum absolute atomic E-state index is 0.384. The van der Waals surface area contributed by atoms with Crippen molar-refractivity contribution >= 4 is 0 Å². The molecule has 3 unspecified atom stereocenters. The summed E-state index contributed by atoms with van der Waals surface area (Å²) in [6, 6.07) is 0. The van der Waals surface area contributed by atoms with Crippen molar-refractivity contribution in [2.24, 2.45) is 5.73 Å². The fourth-order valence-electron chi connectivity index (χ4n) is 1.14. The van der Waals surface area contributed by atoms with Crippen LogP contribution in [-0.2, 0) is 4.74 Å². The zero-order chi connectivity index (χ0) is 7.94. The van der Waals surface area contributed by atoms with Crippen molar-refractivity contribution in [3.8, 4) is 0 Å². The van der Waals surface area contributed by atoms with Gasteiger partial charge in [-0.05, 0) is 13.8 Å². The van der Waals surface area contributed by atoms with Crippen molar-refractivity contribution in [2.75, 3.05) is 0 Å². The topological polar surface area (TPSA) is 75.7 Å². The SMILES string of the molecule is C[C@@H]1OC(C)(N)C(O)C1O. The van der Waals surface area contributed by atoms with E-state index < -0.39 is 17.9 Å². The van der Waals surface area contributed by atoms with E-state index in [1.54, 1.807) is 13.8 Å². The van der Waals surface area contributed by atoms with E-state index in [4.69, 9.17) is 15.6 Å². The minimum Gasteiger partial charge on any atom is -0.388 e. The third kappa shape index (κ3) is 1.03. The molecule has 0 bridgehead atoms. The van der Waals surface area contributed by atoms with Crippen molar-refractivity contribution in [1.82, 2.24) is 0 Å². The average Bonchev–Trinajstić information content (AvgIpc) is 1.95. The highest BCUT2D eigenvalue weighted by atomic mass is 16.6. The van der Waals surface area contributed by atoms with Gasteiger partial charge in [0.15, 0.2) is 0 Å². The van der Waals surface area contributed by atoms with Crippen LogP contribution in [0.5, 0.6) is 0 Å². The summed E-state index contributed by atoms with van der Waals surface area (Å²) in [5.74, 6) is 0. The van der Waals surface area contributed by atoms with Gasteiger partial charge in [0.1, 0.15) is 17.9 Å². The third-order valence-electron chi connectivity index (χ3n) is 1.83. The standard InChI is InChI=1S/C6H13NO3/c1-3-4(8)5(9)6(2,7)10-3/h3-5,8-9H,7H2,1-2H3/t3-,4?,5?,6?/m0/s1. The fourth-order valence-corrected chi connectivity index (χ4v) is 1.14. The highest BCUT2D eigenvalue weighted by Gasteiger charge is 2.46. The van der Waals surface area contributed by atoms with Crippen LogP contribution < -0.4 is 5.73 Å². The molecule has 10 heavy (non-hydrogen) atoms. The smallest absolute Gasteiger partial charge is 0.143 e. The monoisotopic (exact) mass is 147 g/mol. The Morgan fingerprint density at radius 1 is 1.50 bits per heavy atom. The summed E-state index contributed by atoms with van der Waals surface area (Å²) in [6.45, 7) is 3.22. The van der Waals surface area contributed by atoms with Crippen molar-refractivity contribution in [3.05, 3.63) is 0 Å². The number of hydrogen-bond acceptors (Lipinski definition) is 4. The Balaban J connectivity index is 2.71. The van der Waals surface area contributed by atoms with Gasteiger partial charge in [0.2, 0.25) is 0 Å². The predicted octanol–water partition coefficient (Wildman–Crippen LogP) is -1.20. The molecule has 4 heteroatoms. The summed E-state index contributed by atoms with van der Waals surface area (Å²) in [6.07, 6.45) is -2.23. The number of ether oxygens (including phenoxy) is 1. The van der Waals surface area contributed by atoms with Gasteiger partial charge in [-0.1, -0.05) is 0 Å². The maximum atomic E-state index is 9.20. The molecule has 1 saturated heterocycles. The molecular formula is C6H13NO3. The second-order valence-electron chi connectivity index (χ2n) is 2.94. The molecule has 0 aromatic carbocycles. The Morgan fingerprint density at radius 2 is 2.00 bits per heavy atom. The molecule has 1 rings (SSSR count). The second-order valence-corrected chi connectivity index (χ2v) is 2.94. The van der Waals surface area contributed by atoms with Gasteiger partial charge in [-0.25, -0.2) is 0 Å². The maximum absolute atomic E-state index is 9.20. The van der Waals surface area contributed by atoms with Crippen molar-refractivity contribution in [2.45, 2.75) is 37.9 Å². The van der Waals surface area contributed by atoms with Gasteiger partial charge in [0.05, 0.1) is 6.10 Å². The van der Waals surface area contributed by atoms with Crippen LogP contribution in [-0.4, -0.2) is 34.2 Å². The summed E-state index contributed by atoms with van der Waals surface area (Å²) < 4.78 is 5.05. The van der Waals surface area contributed by atoms with E-state index in [0.717, 1.165) is 0 Å². The van der Waals surface area contributed by atoms with Gasteiger partial charge in [0, 0.05) is 0 Å². The predicted molar refractivity (Wildman–Crippen MR) is 35.2 cm³/mol. The van der Waals surface area contributed by atoms with Crippen LogP contribution in [0.3, 0.4) is 0 Å². The molecule has 0 aliphatic carbocycles. The molecule has 60 valence electrons. The van der Waals surface area contributed by atoms with Gasteiger partial charge < -0.3 is 20.7 Å². The van der Waals surface area contributed by atoms with E-state index >= 15 is 0 Å². The van der Waals surface area contributed by atoms with Gasteiger partial charge in [0.25, 0.3) is 0 Å². The Kier molecular flexibility index (Phi) is 1.72. The lowest BCUT2D eigenvalue weighted by Gasteiger charge is -2.21. The van der Waals surface area contributed by atoms with Crippen LogP contribution in [0.4, 0.5) is 0 Å². The number of hydrogen-bond donors (Lipinski definition) is 3. The zero-order valence-corrected chi connectivity index (χ0v) is 6.11. The van der Waals surface area contributed by atoms with Crippen LogP contribution in [0.2, 0.25) is 0 Å². The molecule has 1 heterocycles. The summed E-state index contributed by atoms with van der Waals surface area (Å²) in [7, 11) is 0. The van der Waals surface area contributed by atoms with Crippen molar-refractivity contribution in [3.63, 3.8) is 0 Å². The second kappa shape index (κ2) is 2.17. The lowest BCUT2D eigenvalue weighted by molar-refractivity contribution is -0.0607. The molecule has 1 aliphatic heterocycles. The molecule has 0 amide bonds. The van der Waals surface area contributed by atoms with Crippen LogP contribution in [0.1, 0.15) is 13.8 Å². The normalized spacial score (nSPS) is 55.5. The highest BCUT2D eigenvalue weighted by molar-refractivity contribution is 4.93. The quantitative estimate of drug-likeness (QED) is 0.402. The molecule has 4 atom stereocenters. The third-order valence-corrected chi connectivity index (χ3v) is 1.83. The highest BCUT2D eigenvalue weighted by Crippen LogP contribution is 2.25. The first kappa shape index (κ1) is 7.94. The van der Waals surface area contributed by atoms with E-state index in [2.05, 4.69) is 0 Å². The zero-order valence-electron chi connectivity index (χ0n) is 6.11. The van der Waals surface area contributed by atoms with Crippen LogP contribution >= 0.6 is 0 Å². The Labute approximate surface area is 59.6 Å². The molecule has 0 radical (unpaired) electrons. The lowest BCUT2D eigenvalue weighted by Crippen LogP contribution is -2.48. The van der Waals surface area contributed by atoms with Crippen LogP contribution in [0.15, 0.2) is 0 Å². The largest absolute Gasteiger partial charge is 0.388 e. The Bertz CT molecular complexity index is 137. The molecule has 0 aromatic rings. The molecule has 0 spiro atoms. The molecule has 1 fully saturated rings. The van der Waals surface area contributed by atoms with E-state index in [-0.39, 0.29) is 6.10 Å². The Hall–Kier alpha value is -0.160. The van der Waals surface area contributed by atoms with Gasteiger partial charge >= 0.3 is 0 Å². The summed E-state index contributed by atoms with van der Waals surface area (Å²) in [5, 5.41) is 18.3. The summed E-state index contributed by atoms with van der Waals surface area (Å²) in [5.41, 5.74) is 4.37. The summed E-state index contributed by atoms with van der Waals surface area (Å²) in [4.78, 5) is 0. The van der Waals surface area contributed by atoms with Gasteiger partial charge in [-0.15, -0.1) is 0 Å². The Morgan fingerprint density at radius 3 is 2.10 bits per heavy atom. The van der Waals surface area contributed by atoms with Crippen molar-refractivity contribution in [1.29, 1.82) is 0 Å². The molecule has 4 nitrogen and oxygen atoms in total. The first-order valence-electron chi connectivity index (χ1n) is 3.28. The van der Waals surface area contributed by atoms with E-state index in [0.29, 0.717) is 0 Å². The first-order valence-corrected chi connectivity index (χ1v) is 3.28. The van der Waals surface area contributed by atoms with Gasteiger partial charge in [-0.3, -0.25) is 0 Å². The molecule has 4 N–H and O–H groups in total. The van der Waals surface area contributed by atoms with Crippen LogP contribution in [0, 0.1) is 0 Å². The molecule has 0 aromatic heterocycles. The first-order chi connectivity index (χ1) is 4.45. The number of aliphatic hydroxyl groups excluding tert-OH is 2. The minimum atomic E-state index is -1.10. The van der Waals surface area contributed by atoms with E-state index in [9.17, 15) is 5.11 Å². The number of nitrogens with two attached hydrogens (primary N) is 1. The van der Waals surface area contributed by atoms with Crippen LogP contribution in [0.25, 0.3) is 0 Å². The van der Waals surface area contributed by atoms with Gasteiger partial charge in [-0.2, -0.15) is 0 Å². The molecular weight excluding hydrogens is 134 g/mol. The number of aliphatic hydroxyl groups is 2. The van der Waals surface area contributed by atoms with E-state index in [1.807, 2.05) is 0 Å². The average molecular weight is 147 g/mol. The van der Waals surface area contributed by atoms with E-state index in [1.165, 1.54) is 0 Å².